The van der Waals surface area contributed by atoms with Crippen LogP contribution in [0.25, 0.3) is 0 Å². The maximum Gasteiger partial charge on any atom is 0.222 e. The number of aromatic hydroxyl groups is 1. The average Bonchev–Trinajstić information content (AvgIpc) is 3.12. The summed E-state index contributed by atoms with van der Waals surface area (Å²) in [5, 5.41) is 21.6. The molecule has 4 nitrogen and oxygen atoms in total. The molecular formula is C31H45NO3. The number of benzene rings is 1. The fourth-order valence-electron chi connectivity index (χ4n) is 7.38. The molecule has 2 N–H and O–H groups in total. The highest BCUT2D eigenvalue weighted by molar-refractivity contribution is 5.75. The van der Waals surface area contributed by atoms with Gasteiger partial charge in [0.05, 0.1) is 0 Å². The van der Waals surface area contributed by atoms with E-state index >= 15 is 0 Å². The summed E-state index contributed by atoms with van der Waals surface area (Å²) in [6, 6.07) is 5.93. The number of carbonyl (C=O) groups excluding carboxylic acids is 1. The van der Waals surface area contributed by atoms with E-state index in [9.17, 15) is 15.0 Å². The van der Waals surface area contributed by atoms with Crippen molar-refractivity contribution >= 4 is 5.91 Å². The van der Waals surface area contributed by atoms with Crippen molar-refractivity contribution in [2.75, 3.05) is 13.6 Å². The minimum Gasteiger partial charge on any atom is -0.508 e. The zero-order valence-corrected chi connectivity index (χ0v) is 22.1. The number of aryl methyl sites for hydroxylation is 1. The highest BCUT2D eigenvalue weighted by atomic mass is 16.3. The summed E-state index contributed by atoms with van der Waals surface area (Å²) < 4.78 is 0. The van der Waals surface area contributed by atoms with Crippen molar-refractivity contribution in [3.8, 4) is 17.6 Å². The van der Waals surface area contributed by atoms with Crippen LogP contribution >= 0.6 is 0 Å². The third-order valence-corrected chi connectivity index (χ3v) is 9.62. The number of hydrogen-bond acceptors (Lipinski definition) is 3. The summed E-state index contributed by atoms with van der Waals surface area (Å²) in [6.45, 7) is 5.30. The lowest BCUT2D eigenvalue weighted by Crippen LogP contribution is -2.50. The quantitative estimate of drug-likeness (QED) is 0.345. The van der Waals surface area contributed by atoms with E-state index < -0.39 is 5.60 Å². The number of hydrogen-bond donors (Lipinski definition) is 2. The fourth-order valence-corrected chi connectivity index (χ4v) is 7.38. The van der Waals surface area contributed by atoms with Crippen molar-refractivity contribution in [3.05, 3.63) is 29.3 Å². The Labute approximate surface area is 212 Å². The van der Waals surface area contributed by atoms with Crippen LogP contribution < -0.4 is 0 Å². The molecule has 2 fully saturated rings. The van der Waals surface area contributed by atoms with Crippen LogP contribution in [-0.4, -0.2) is 40.2 Å². The molecule has 3 aliphatic rings. The Kier molecular flexibility index (Phi) is 8.16. The third-order valence-electron chi connectivity index (χ3n) is 9.62. The standard InChI is InChI=1S/C31H45NO3/c1-4-5-21-32(3)29(34)11-9-7-6-8-10-18-31(35)20-17-28-27-14-12-23-22-24(33)13-15-25(23)26(27)16-19-30(28,31)2/h13,15,22,26-28,33,35H,4-9,11-12,14,16-17,19-21H2,1-3H3/t26?,27?,28?,30-,31+/m0/s1. The van der Waals surface area contributed by atoms with E-state index in [1.165, 1.54) is 11.1 Å². The Balaban J connectivity index is 1.29. The SMILES string of the molecule is CCCCN(C)C(=O)CCCCCC#C[C@@]1(O)CCC2C3CCc4cc(O)ccc4C3CC[C@@]21C. The number of phenolic OH excluding ortho intramolecular Hbond substituents is 1. The normalized spacial score (nSPS) is 31.0. The smallest absolute Gasteiger partial charge is 0.222 e. The van der Waals surface area contributed by atoms with Crippen molar-refractivity contribution in [2.45, 2.75) is 109 Å². The predicted molar refractivity (Wildman–Crippen MR) is 141 cm³/mol. The van der Waals surface area contributed by atoms with Gasteiger partial charge in [0.2, 0.25) is 5.91 Å². The second-order valence-corrected chi connectivity index (χ2v) is 11.7. The molecule has 2 saturated carbocycles. The Bertz CT molecular complexity index is 962. The van der Waals surface area contributed by atoms with Gasteiger partial charge in [-0.15, -0.1) is 5.92 Å². The maximum absolute atomic E-state index is 12.2. The van der Waals surface area contributed by atoms with Crippen LogP contribution in [0.1, 0.15) is 108 Å². The molecule has 5 atom stereocenters. The lowest BCUT2D eigenvalue weighted by molar-refractivity contribution is -0.130. The van der Waals surface area contributed by atoms with E-state index in [1.807, 2.05) is 24.1 Å². The first-order valence-electron chi connectivity index (χ1n) is 14.1. The predicted octanol–water partition coefficient (Wildman–Crippen LogP) is 6.19. The van der Waals surface area contributed by atoms with E-state index in [4.69, 9.17) is 0 Å². The Morgan fingerprint density at radius 1 is 1.14 bits per heavy atom. The monoisotopic (exact) mass is 479 g/mol. The molecule has 192 valence electrons. The molecular weight excluding hydrogens is 434 g/mol. The van der Waals surface area contributed by atoms with Gasteiger partial charge >= 0.3 is 0 Å². The van der Waals surface area contributed by atoms with Crippen LogP contribution in [-0.2, 0) is 11.2 Å². The van der Waals surface area contributed by atoms with Crippen molar-refractivity contribution in [3.63, 3.8) is 0 Å². The minimum absolute atomic E-state index is 0.134. The second-order valence-electron chi connectivity index (χ2n) is 11.7. The van der Waals surface area contributed by atoms with Gasteiger partial charge in [0, 0.05) is 31.8 Å². The van der Waals surface area contributed by atoms with Crippen LogP contribution in [0.5, 0.6) is 5.75 Å². The molecule has 4 heteroatoms. The van der Waals surface area contributed by atoms with E-state index in [1.54, 1.807) is 0 Å². The molecule has 0 bridgehead atoms. The lowest BCUT2D eigenvalue weighted by Gasteiger charge is -2.52. The summed E-state index contributed by atoms with van der Waals surface area (Å²) in [6.07, 6.45) is 12.7. The molecule has 1 aromatic carbocycles. The Morgan fingerprint density at radius 3 is 2.77 bits per heavy atom. The number of rotatable bonds is 8. The summed E-state index contributed by atoms with van der Waals surface area (Å²) in [4.78, 5) is 14.0. The molecule has 0 radical (unpaired) electrons. The first-order valence-corrected chi connectivity index (χ1v) is 14.1. The number of amides is 1. The molecule has 0 saturated heterocycles. The first kappa shape index (κ1) is 26.1. The fraction of sp³-hybridized carbons (Fsp3) is 0.710. The van der Waals surface area contributed by atoms with E-state index in [0.29, 0.717) is 29.9 Å². The van der Waals surface area contributed by atoms with Crippen LogP contribution in [0.3, 0.4) is 0 Å². The van der Waals surface area contributed by atoms with Gasteiger partial charge in [0.25, 0.3) is 0 Å². The molecule has 3 aliphatic carbocycles. The van der Waals surface area contributed by atoms with Gasteiger partial charge in [-0.05, 0) is 98.8 Å². The van der Waals surface area contributed by atoms with Crippen LogP contribution in [0, 0.1) is 29.1 Å². The minimum atomic E-state index is -0.879. The summed E-state index contributed by atoms with van der Waals surface area (Å²) in [5.74, 6) is 8.99. The number of phenols is 1. The van der Waals surface area contributed by atoms with Gasteiger partial charge in [-0.1, -0.05) is 38.7 Å². The molecule has 3 unspecified atom stereocenters. The number of carbonyl (C=O) groups is 1. The molecule has 0 heterocycles. The maximum atomic E-state index is 12.2. The number of unbranched alkanes of at least 4 members (excludes halogenated alkanes) is 4. The van der Waals surface area contributed by atoms with E-state index in [2.05, 4.69) is 31.8 Å². The Hall–Kier alpha value is -1.99. The van der Waals surface area contributed by atoms with Gasteiger partial charge in [-0.25, -0.2) is 0 Å². The average molecular weight is 480 g/mol. The van der Waals surface area contributed by atoms with Gasteiger partial charge in [-0.3, -0.25) is 4.79 Å². The molecule has 4 rings (SSSR count). The third kappa shape index (κ3) is 5.26. The van der Waals surface area contributed by atoms with E-state index in [0.717, 1.165) is 83.6 Å². The largest absolute Gasteiger partial charge is 0.508 e. The van der Waals surface area contributed by atoms with Gasteiger partial charge in [0.1, 0.15) is 11.4 Å². The molecule has 35 heavy (non-hydrogen) atoms. The van der Waals surface area contributed by atoms with Crippen molar-refractivity contribution < 1.29 is 15.0 Å². The van der Waals surface area contributed by atoms with Crippen LogP contribution in [0.15, 0.2) is 18.2 Å². The second kappa shape index (κ2) is 11.0. The lowest BCUT2D eigenvalue weighted by atomic mass is 9.53. The number of nitrogens with zero attached hydrogens (tertiary/aromatic N) is 1. The number of fused-ring (bicyclic) bond motifs is 5. The van der Waals surface area contributed by atoms with Crippen LogP contribution in [0.4, 0.5) is 0 Å². The topological polar surface area (TPSA) is 60.8 Å². The summed E-state index contributed by atoms with van der Waals surface area (Å²) >= 11 is 0. The highest BCUT2D eigenvalue weighted by Gasteiger charge is 2.61. The van der Waals surface area contributed by atoms with Crippen molar-refractivity contribution in [1.29, 1.82) is 0 Å². The van der Waals surface area contributed by atoms with Gasteiger partial charge < -0.3 is 15.1 Å². The summed E-state index contributed by atoms with van der Waals surface area (Å²) in [7, 11) is 1.91. The molecule has 1 aromatic rings. The van der Waals surface area contributed by atoms with Gasteiger partial charge in [-0.2, -0.15) is 0 Å². The molecule has 1 amide bonds. The van der Waals surface area contributed by atoms with E-state index in [-0.39, 0.29) is 11.3 Å². The Morgan fingerprint density at radius 2 is 1.97 bits per heavy atom. The zero-order valence-electron chi connectivity index (χ0n) is 22.1. The summed E-state index contributed by atoms with van der Waals surface area (Å²) in [5.41, 5.74) is 1.73. The zero-order chi connectivity index (χ0) is 25.1. The van der Waals surface area contributed by atoms with Crippen molar-refractivity contribution in [2.24, 2.45) is 17.3 Å². The molecule has 0 aromatic heterocycles. The highest BCUT2D eigenvalue weighted by Crippen LogP contribution is 2.64. The first-order chi connectivity index (χ1) is 16.8. The molecule has 0 spiro atoms. The van der Waals surface area contributed by atoms with Gasteiger partial charge in [0.15, 0.2) is 0 Å². The molecule has 0 aliphatic heterocycles. The van der Waals surface area contributed by atoms with Crippen molar-refractivity contribution in [1.82, 2.24) is 4.90 Å². The number of aliphatic hydroxyl groups is 1. The van der Waals surface area contributed by atoms with Crippen LogP contribution in [0.2, 0.25) is 0 Å².